The molecule has 6 heteroatoms. The molecule has 2 heterocycles. The van der Waals surface area contributed by atoms with Crippen molar-refractivity contribution >= 4 is 51.4 Å². The predicted octanol–water partition coefficient (Wildman–Crippen LogP) is -1.02. The SMILES string of the molecule is C1CN[C@@H](c2nnn[nH]2)C1.[KH]. The molecule has 5 nitrogen and oxygen atoms in total. The molecule has 0 bridgehead atoms. The molecule has 0 unspecified atom stereocenters. The zero-order valence-electron chi connectivity index (χ0n) is 5.54. The van der Waals surface area contributed by atoms with Crippen molar-refractivity contribution in [2.45, 2.75) is 18.9 Å². The molecule has 0 radical (unpaired) electrons. The molecule has 56 valence electrons. The van der Waals surface area contributed by atoms with Crippen LogP contribution in [0.4, 0.5) is 0 Å². The Morgan fingerprint density at radius 1 is 1.45 bits per heavy atom. The molecular weight excluding hydrogens is 169 g/mol. The summed E-state index contributed by atoms with van der Waals surface area (Å²) in [6.45, 7) is 1.07. The van der Waals surface area contributed by atoms with Crippen LogP contribution in [0.3, 0.4) is 0 Å². The molecule has 0 amide bonds. The van der Waals surface area contributed by atoms with Crippen LogP contribution < -0.4 is 5.32 Å². The zero-order valence-corrected chi connectivity index (χ0v) is 5.54. The number of nitrogens with zero attached hydrogens (tertiary/aromatic N) is 3. The van der Waals surface area contributed by atoms with Crippen LogP contribution >= 0.6 is 0 Å². The van der Waals surface area contributed by atoms with Gasteiger partial charge in [-0.05, 0) is 29.8 Å². The molecular formula is C5H10KN5. The van der Waals surface area contributed by atoms with E-state index in [1.165, 1.54) is 6.42 Å². The van der Waals surface area contributed by atoms with Crippen LogP contribution in [0, 0.1) is 0 Å². The van der Waals surface area contributed by atoms with Crippen LogP contribution in [-0.4, -0.2) is 78.6 Å². The fourth-order valence-electron chi connectivity index (χ4n) is 1.23. The average Bonchev–Trinajstić information content (AvgIpc) is 2.59. The number of nitrogens with one attached hydrogen (secondary N) is 2. The van der Waals surface area contributed by atoms with Crippen molar-refractivity contribution in [1.82, 2.24) is 25.9 Å². The second kappa shape index (κ2) is 4.63. The molecule has 1 aliphatic rings. The van der Waals surface area contributed by atoms with Crippen LogP contribution in [0.1, 0.15) is 24.7 Å². The van der Waals surface area contributed by atoms with Gasteiger partial charge in [-0.1, -0.05) is 0 Å². The molecule has 1 aromatic heterocycles. The van der Waals surface area contributed by atoms with Crippen LogP contribution in [0.15, 0.2) is 0 Å². The van der Waals surface area contributed by atoms with Gasteiger partial charge >= 0.3 is 51.4 Å². The molecule has 11 heavy (non-hydrogen) atoms. The van der Waals surface area contributed by atoms with E-state index in [1.54, 1.807) is 0 Å². The van der Waals surface area contributed by atoms with E-state index >= 15 is 0 Å². The number of hydrogen-bond acceptors (Lipinski definition) is 4. The van der Waals surface area contributed by atoms with Crippen molar-refractivity contribution in [3.8, 4) is 0 Å². The molecule has 1 fully saturated rings. The molecule has 1 aliphatic heterocycles. The van der Waals surface area contributed by atoms with Crippen molar-refractivity contribution in [1.29, 1.82) is 0 Å². The van der Waals surface area contributed by atoms with E-state index in [-0.39, 0.29) is 51.4 Å². The van der Waals surface area contributed by atoms with Gasteiger partial charge in [-0.3, -0.25) is 0 Å². The van der Waals surface area contributed by atoms with Crippen LogP contribution in [0.2, 0.25) is 0 Å². The summed E-state index contributed by atoms with van der Waals surface area (Å²) >= 11 is 0. The summed E-state index contributed by atoms with van der Waals surface area (Å²) in [5.74, 6) is 0.859. The first-order chi connectivity index (χ1) is 4.97. The first-order valence-corrected chi connectivity index (χ1v) is 3.44. The van der Waals surface area contributed by atoms with Crippen molar-refractivity contribution in [3.63, 3.8) is 0 Å². The fraction of sp³-hybridized carbons (Fsp3) is 0.800. The van der Waals surface area contributed by atoms with Gasteiger partial charge in [0, 0.05) is 0 Å². The van der Waals surface area contributed by atoms with Gasteiger partial charge in [-0.15, -0.1) is 5.10 Å². The number of rotatable bonds is 1. The Morgan fingerprint density at radius 3 is 2.91 bits per heavy atom. The predicted molar refractivity (Wildman–Crippen MR) is 41.3 cm³/mol. The van der Waals surface area contributed by atoms with E-state index < -0.39 is 0 Å². The maximum absolute atomic E-state index is 3.82. The molecule has 2 N–H and O–H groups in total. The van der Waals surface area contributed by atoms with Crippen molar-refractivity contribution in [2.24, 2.45) is 0 Å². The number of tetrazole rings is 1. The molecule has 1 atom stereocenters. The van der Waals surface area contributed by atoms with Gasteiger partial charge in [0.1, 0.15) is 0 Å². The Hall–Kier alpha value is 0.666. The van der Waals surface area contributed by atoms with Gasteiger partial charge in [0.15, 0.2) is 5.82 Å². The summed E-state index contributed by atoms with van der Waals surface area (Å²) in [6, 6.07) is 0.356. The Morgan fingerprint density at radius 2 is 2.36 bits per heavy atom. The maximum atomic E-state index is 3.82. The van der Waals surface area contributed by atoms with Crippen molar-refractivity contribution in [3.05, 3.63) is 5.82 Å². The summed E-state index contributed by atoms with van der Waals surface area (Å²) in [7, 11) is 0. The second-order valence-electron chi connectivity index (χ2n) is 2.44. The molecule has 2 rings (SSSR count). The molecule has 0 aliphatic carbocycles. The summed E-state index contributed by atoms with van der Waals surface area (Å²) in [4.78, 5) is 0. The first kappa shape index (κ1) is 9.75. The number of aromatic nitrogens is 4. The zero-order chi connectivity index (χ0) is 6.81. The summed E-state index contributed by atoms with van der Waals surface area (Å²) in [5.41, 5.74) is 0. The van der Waals surface area contributed by atoms with E-state index in [0.717, 1.165) is 18.8 Å². The third-order valence-corrected chi connectivity index (χ3v) is 1.75. The molecule has 0 saturated carbocycles. The fourth-order valence-corrected chi connectivity index (χ4v) is 1.23. The van der Waals surface area contributed by atoms with E-state index in [1.807, 2.05) is 0 Å². The summed E-state index contributed by atoms with van der Waals surface area (Å²) in [6.07, 6.45) is 2.35. The van der Waals surface area contributed by atoms with Gasteiger partial charge < -0.3 is 5.32 Å². The van der Waals surface area contributed by atoms with Gasteiger partial charge in [0.05, 0.1) is 6.04 Å². The summed E-state index contributed by atoms with van der Waals surface area (Å²) in [5, 5.41) is 16.9. The normalized spacial score (nSPS) is 23.1. The van der Waals surface area contributed by atoms with Crippen LogP contribution in [0.5, 0.6) is 0 Å². The van der Waals surface area contributed by atoms with E-state index in [4.69, 9.17) is 0 Å². The van der Waals surface area contributed by atoms with Gasteiger partial charge in [-0.2, -0.15) is 0 Å². The van der Waals surface area contributed by atoms with Crippen LogP contribution in [0.25, 0.3) is 0 Å². The Bertz CT molecular complexity index is 193. The van der Waals surface area contributed by atoms with Crippen molar-refractivity contribution in [2.75, 3.05) is 6.54 Å². The molecule has 1 saturated heterocycles. The van der Waals surface area contributed by atoms with Gasteiger partial charge in [-0.25, -0.2) is 5.10 Å². The van der Waals surface area contributed by atoms with Gasteiger partial charge in [0.25, 0.3) is 0 Å². The third kappa shape index (κ3) is 2.30. The minimum absolute atomic E-state index is 0. The minimum atomic E-state index is 0. The standard InChI is InChI=1S/C5H9N5.K.H/c1-2-4(6-3-1)5-7-9-10-8-5;;/h4,6H,1-3H2,(H,7,8,9,10);;/t4-;;/m1../s1. The van der Waals surface area contributed by atoms with E-state index in [0.29, 0.717) is 6.04 Å². The Labute approximate surface area is 107 Å². The Balaban J connectivity index is 0.000000605. The molecule has 0 aromatic carbocycles. The second-order valence-corrected chi connectivity index (χ2v) is 2.44. The monoisotopic (exact) mass is 179 g/mol. The number of H-pyrrole nitrogens is 1. The topological polar surface area (TPSA) is 66.5 Å². The number of aromatic amines is 1. The molecule has 1 aromatic rings. The van der Waals surface area contributed by atoms with Gasteiger partial charge in [0.2, 0.25) is 0 Å². The van der Waals surface area contributed by atoms with Crippen LogP contribution in [-0.2, 0) is 0 Å². The average molecular weight is 179 g/mol. The molecule has 0 spiro atoms. The first-order valence-electron chi connectivity index (χ1n) is 3.44. The van der Waals surface area contributed by atoms with E-state index in [9.17, 15) is 0 Å². The van der Waals surface area contributed by atoms with E-state index in [2.05, 4.69) is 25.9 Å². The Kier molecular flexibility index (Phi) is 4.11. The summed E-state index contributed by atoms with van der Waals surface area (Å²) < 4.78 is 0. The number of hydrogen-bond donors (Lipinski definition) is 2. The quantitative estimate of drug-likeness (QED) is 0.541. The van der Waals surface area contributed by atoms with Crippen molar-refractivity contribution < 1.29 is 0 Å². The third-order valence-electron chi connectivity index (χ3n) is 1.75.